The molecular weight excluding hydrogens is 410 g/mol. The average Bonchev–Trinajstić information content (AvgIpc) is 2.42. The molecular formula is C13H21BrClN3O4S. The molecule has 0 heterocycles. The fourth-order valence-corrected chi connectivity index (χ4v) is 3.02. The highest BCUT2D eigenvalue weighted by atomic mass is 79.9. The van der Waals surface area contributed by atoms with Crippen molar-refractivity contribution in [1.82, 2.24) is 4.72 Å². The van der Waals surface area contributed by atoms with Gasteiger partial charge in [0.05, 0.1) is 30.3 Å². The van der Waals surface area contributed by atoms with E-state index >= 15 is 0 Å². The second kappa shape index (κ2) is 10.1. The first-order chi connectivity index (χ1) is 10.2. The first-order valence-electron chi connectivity index (χ1n) is 6.65. The molecule has 10 heteroatoms. The van der Waals surface area contributed by atoms with Crippen molar-refractivity contribution in [3.63, 3.8) is 0 Å². The normalized spacial score (nSPS) is 10.9. The van der Waals surface area contributed by atoms with E-state index in [4.69, 9.17) is 10.5 Å². The third kappa shape index (κ3) is 7.98. The number of hydrogen-bond acceptors (Lipinski definition) is 5. The highest BCUT2D eigenvalue weighted by Gasteiger charge is 2.13. The molecule has 0 saturated heterocycles. The largest absolute Gasteiger partial charge is 0.397 e. The minimum absolute atomic E-state index is 0. The van der Waals surface area contributed by atoms with Crippen molar-refractivity contribution in [1.29, 1.82) is 0 Å². The molecule has 4 N–H and O–H groups in total. The number of benzene rings is 1. The predicted octanol–water partition coefficient (Wildman–Crippen LogP) is 1.66. The Morgan fingerprint density at radius 3 is 2.65 bits per heavy atom. The summed E-state index contributed by atoms with van der Waals surface area (Å²) in [4.78, 5) is 11.8. The van der Waals surface area contributed by atoms with Gasteiger partial charge in [-0.3, -0.25) is 4.79 Å². The van der Waals surface area contributed by atoms with E-state index in [0.717, 1.165) is 10.0 Å². The molecule has 132 valence electrons. The number of anilines is 2. The van der Waals surface area contributed by atoms with Gasteiger partial charge in [-0.05, 0) is 31.5 Å². The predicted molar refractivity (Wildman–Crippen MR) is 97.5 cm³/mol. The van der Waals surface area contributed by atoms with Crippen LogP contribution in [-0.4, -0.2) is 39.8 Å². The zero-order chi connectivity index (χ0) is 16.8. The van der Waals surface area contributed by atoms with E-state index in [2.05, 4.69) is 26.0 Å². The first-order valence-corrected chi connectivity index (χ1v) is 9.10. The van der Waals surface area contributed by atoms with Crippen LogP contribution in [0.15, 0.2) is 16.6 Å². The Morgan fingerprint density at radius 1 is 1.39 bits per heavy atom. The molecule has 0 spiro atoms. The van der Waals surface area contributed by atoms with Crippen molar-refractivity contribution >= 4 is 55.6 Å². The third-order valence-electron chi connectivity index (χ3n) is 2.78. The van der Waals surface area contributed by atoms with Crippen molar-refractivity contribution in [3.05, 3.63) is 22.2 Å². The van der Waals surface area contributed by atoms with Gasteiger partial charge in [0.15, 0.2) is 0 Å². The second-order valence-corrected chi connectivity index (χ2v) is 7.41. The summed E-state index contributed by atoms with van der Waals surface area (Å²) in [7, 11) is -3.54. The molecule has 23 heavy (non-hydrogen) atoms. The van der Waals surface area contributed by atoms with E-state index in [0.29, 0.717) is 18.0 Å². The smallest absolute Gasteiger partial charge is 0.239 e. The van der Waals surface area contributed by atoms with Gasteiger partial charge >= 0.3 is 0 Å². The van der Waals surface area contributed by atoms with Crippen LogP contribution < -0.4 is 15.8 Å². The maximum Gasteiger partial charge on any atom is 0.239 e. The number of nitrogens with two attached hydrogens (primary N) is 1. The van der Waals surface area contributed by atoms with Crippen molar-refractivity contribution in [2.24, 2.45) is 0 Å². The zero-order valence-electron chi connectivity index (χ0n) is 12.9. The standard InChI is InChI=1S/C13H20BrN3O4S.ClH/c1-3-21-4-5-22(19,20)16-8-12(18)17-11-7-10(14)6-9(2)13(11)15;/h6-7,16H,3-5,8,15H2,1-2H3,(H,17,18);1H. The molecule has 1 aromatic rings. The van der Waals surface area contributed by atoms with Gasteiger partial charge in [0.1, 0.15) is 0 Å². The molecule has 0 unspecified atom stereocenters. The van der Waals surface area contributed by atoms with Crippen LogP contribution in [0.2, 0.25) is 0 Å². The molecule has 0 fully saturated rings. The van der Waals surface area contributed by atoms with E-state index in [1.165, 1.54) is 0 Å². The maximum absolute atomic E-state index is 11.8. The highest BCUT2D eigenvalue weighted by molar-refractivity contribution is 9.10. The molecule has 7 nitrogen and oxygen atoms in total. The Morgan fingerprint density at radius 2 is 2.04 bits per heavy atom. The lowest BCUT2D eigenvalue weighted by Gasteiger charge is -2.12. The maximum atomic E-state index is 11.8. The van der Waals surface area contributed by atoms with Gasteiger partial charge in [0.2, 0.25) is 15.9 Å². The van der Waals surface area contributed by atoms with Crippen LogP contribution >= 0.6 is 28.3 Å². The number of hydrogen-bond donors (Lipinski definition) is 3. The van der Waals surface area contributed by atoms with Gasteiger partial charge in [-0.25, -0.2) is 13.1 Å². The number of rotatable bonds is 8. The van der Waals surface area contributed by atoms with E-state index in [-0.39, 0.29) is 31.3 Å². The van der Waals surface area contributed by atoms with E-state index < -0.39 is 15.9 Å². The minimum Gasteiger partial charge on any atom is -0.397 e. The van der Waals surface area contributed by atoms with Gasteiger partial charge in [0.25, 0.3) is 0 Å². The average molecular weight is 431 g/mol. The lowest BCUT2D eigenvalue weighted by atomic mass is 10.2. The summed E-state index contributed by atoms with van der Waals surface area (Å²) in [6, 6.07) is 3.48. The molecule has 1 amide bonds. The number of nitrogen functional groups attached to an aromatic ring is 1. The molecule has 1 rings (SSSR count). The quantitative estimate of drug-likeness (QED) is 0.429. The summed E-state index contributed by atoms with van der Waals surface area (Å²) < 4.78 is 31.2. The Kier molecular flexibility index (Phi) is 9.71. The summed E-state index contributed by atoms with van der Waals surface area (Å²) in [5.41, 5.74) is 7.56. The van der Waals surface area contributed by atoms with E-state index in [1.807, 2.05) is 13.0 Å². The Hall–Kier alpha value is -0.870. The molecule has 0 aliphatic rings. The van der Waals surface area contributed by atoms with Gasteiger partial charge < -0.3 is 15.8 Å². The molecule has 0 radical (unpaired) electrons. The summed E-state index contributed by atoms with van der Waals surface area (Å²) >= 11 is 3.31. The van der Waals surface area contributed by atoms with Crippen LogP contribution in [-0.2, 0) is 19.6 Å². The van der Waals surface area contributed by atoms with E-state index in [1.54, 1.807) is 13.0 Å². The Balaban J connectivity index is 0.00000484. The number of aryl methyl sites for hydroxylation is 1. The molecule has 0 aliphatic heterocycles. The number of amides is 1. The fraction of sp³-hybridized carbons (Fsp3) is 0.462. The second-order valence-electron chi connectivity index (χ2n) is 4.57. The number of ether oxygens (including phenoxy) is 1. The Labute approximate surface area is 150 Å². The number of carbonyl (C=O) groups excluding carboxylic acids is 1. The van der Waals surface area contributed by atoms with Crippen LogP contribution in [0.3, 0.4) is 0 Å². The lowest BCUT2D eigenvalue weighted by Crippen LogP contribution is -2.35. The van der Waals surface area contributed by atoms with Crippen molar-refractivity contribution in [2.45, 2.75) is 13.8 Å². The topological polar surface area (TPSA) is 111 Å². The summed E-state index contributed by atoms with van der Waals surface area (Å²) in [6.07, 6.45) is 0. The van der Waals surface area contributed by atoms with Gasteiger partial charge in [-0.2, -0.15) is 0 Å². The minimum atomic E-state index is -3.54. The fourth-order valence-electron chi connectivity index (χ4n) is 1.61. The lowest BCUT2D eigenvalue weighted by molar-refractivity contribution is -0.115. The third-order valence-corrected chi connectivity index (χ3v) is 4.53. The van der Waals surface area contributed by atoms with Gasteiger partial charge in [-0.1, -0.05) is 15.9 Å². The van der Waals surface area contributed by atoms with Crippen LogP contribution in [0.1, 0.15) is 12.5 Å². The molecule has 0 bridgehead atoms. The highest BCUT2D eigenvalue weighted by Crippen LogP contribution is 2.27. The summed E-state index contributed by atoms with van der Waals surface area (Å²) in [5, 5.41) is 2.58. The number of carbonyl (C=O) groups is 1. The molecule has 0 aliphatic carbocycles. The summed E-state index contributed by atoms with van der Waals surface area (Å²) in [5.74, 6) is -0.684. The van der Waals surface area contributed by atoms with E-state index in [9.17, 15) is 13.2 Å². The van der Waals surface area contributed by atoms with Crippen LogP contribution in [0, 0.1) is 6.92 Å². The molecule has 0 aromatic heterocycles. The van der Waals surface area contributed by atoms with Crippen molar-refractivity contribution < 1.29 is 17.9 Å². The van der Waals surface area contributed by atoms with Crippen LogP contribution in [0.5, 0.6) is 0 Å². The van der Waals surface area contributed by atoms with Crippen molar-refractivity contribution in [2.75, 3.05) is 36.6 Å². The molecule has 0 atom stereocenters. The van der Waals surface area contributed by atoms with Gasteiger partial charge in [0, 0.05) is 11.1 Å². The molecule has 1 aromatic carbocycles. The van der Waals surface area contributed by atoms with Crippen LogP contribution in [0.25, 0.3) is 0 Å². The first kappa shape index (κ1) is 22.1. The van der Waals surface area contributed by atoms with Crippen molar-refractivity contribution in [3.8, 4) is 0 Å². The number of halogens is 2. The number of sulfonamides is 1. The SMILES string of the molecule is CCOCCS(=O)(=O)NCC(=O)Nc1cc(Br)cc(C)c1N.Cl. The zero-order valence-corrected chi connectivity index (χ0v) is 16.1. The van der Waals surface area contributed by atoms with Crippen LogP contribution in [0.4, 0.5) is 11.4 Å². The summed E-state index contributed by atoms with van der Waals surface area (Å²) in [6.45, 7) is 3.76. The Bertz CT molecular complexity index is 640. The monoisotopic (exact) mass is 429 g/mol. The molecule has 0 saturated carbocycles. The van der Waals surface area contributed by atoms with Gasteiger partial charge in [-0.15, -0.1) is 12.4 Å². The number of nitrogens with one attached hydrogen (secondary N) is 2.